The van der Waals surface area contributed by atoms with Crippen LogP contribution in [0, 0.1) is 0 Å². The summed E-state index contributed by atoms with van der Waals surface area (Å²) >= 11 is 1.59. The molecule has 0 aliphatic carbocycles. The molecule has 30 heavy (non-hydrogen) atoms. The Morgan fingerprint density at radius 3 is 2.77 bits per heavy atom. The highest BCUT2D eigenvalue weighted by Crippen LogP contribution is 2.30. The van der Waals surface area contributed by atoms with Crippen LogP contribution in [0.25, 0.3) is 11.2 Å². The number of anilines is 2. The van der Waals surface area contributed by atoms with Gasteiger partial charge >= 0.3 is 0 Å². The van der Waals surface area contributed by atoms with Crippen molar-refractivity contribution >= 4 is 34.4 Å². The first-order valence-corrected chi connectivity index (χ1v) is 11.4. The maximum atomic E-state index is 6.15. The molecule has 9 heteroatoms. The summed E-state index contributed by atoms with van der Waals surface area (Å²) in [4.78, 5) is 19.8. The fraction of sp³-hybridized carbons (Fsp3) is 0.476. The molecule has 1 saturated heterocycles. The second kappa shape index (κ2) is 9.53. The topological polar surface area (TPSA) is 102 Å². The molecular weight excluding hydrogens is 400 g/mol. The molecule has 8 nitrogen and oxygen atoms in total. The van der Waals surface area contributed by atoms with Gasteiger partial charge in [-0.2, -0.15) is 0 Å². The number of thioether (sulfide) groups is 1. The molecule has 1 aromatic carbocycles. The minimum atomic E-state index is 0.659. The Morgan fingerprint density at radius 2 is 2.03 bits per heavy atom. The number of hydrogen-bond acceptors (Lipinski definition) is 8. The first-order chi connectivity index (χ1) is 14.7. The summed E-state index contributed by atoms with van der Waals surface area (Å²) in [6, 6.07) is 5.94. The van der Waals surface area contributed by atoms with Crippen LogP contribution in [0.5, 0.6) is 5.75 Å². The smallest absolute Gasteiger partial charge is 0.192 e. The molecule has 0 saturated carbocycles. The van der Waals surface area contributed by atoms with E-state index in [4.69, 9.17) is 25.2 Å². The van der Waals surface area contributed by atoms with E-state index in [-0.39, 0.29) is 0 Å². The van der Waals surface area contributed by atoms with Gasteiger partial charge in [0.2, 0.25) is 0 Å². The number of nitrogens with one attached hydrogen (secondary N) is 1. The third-order valence-electron chi connectivity index (χ3n) is 4.91. The van der Waals surface area contributed by atoms with Crippen molar-refractivity contribution in [2.24, 2.45) is 0 Å². The summed E-state index contributed by atoms with van der Waals surface area (Å²) in [6.45, 7) is 7.85. The van der Waals surface area contributed by atoms with Crippen molar-refractivity contribution < 1.29 is 9.47 Å². The van der Waals surface area contributed by atoms with E-state index in [2.05, 4.69) is 28.7 Å². The predicted octanol–water partition coefficient (Wildman–Crippen LogP) is 3.42. The molecule has 0 bridgehead atoms. The number of imidazole rings is 1. The third kappa shape index (κ3) is 4.62. The van der Waals surface area contributed by atoms with E-state index in [0.717, 1.165) is 60.2 Å². The Hall–Kier alpha value is -2.52. The van der Waals surface area contributed by atoms with Gasteiger partial charge < -0.3 is 25.1 Å². The average molecular weight is 429 g/mol. The van der Waals surface area contributed by atoms with Crippen molar-refractivity contribution in [1.29, 1.82) is 0 Å². The molecule has 160 valence electrons. The zero-order valence-electron chi connectivity index (χ0n) is 17.5. The fourth-order valence-electron chi connectivity index (χ4n) is 3.33. The number of aromatic amines is 1. The summed E-state index contributed by atoms with van der Waals surface area (Å²) in [7, 11) is 0. The third-order valence-corrected chi connectivity index (χ3v) is 5.83. The Kier molecular flexibility index (Phi) is 6.59. The summed E-state index contributed by atoms with van der Waals surface area (Å²) in [6.07, 6.45) is 1.78. The number of rotatable bonds is 8. The normalized spacial score (nSPS) is 14.4. The zero-order chi connectivity index (χ0) is 20.9. The Morgan fingerprint density at radius 1 is 1.20 bits per heavy atom. The lowest BCUT2D eigenvalue weighted by Crippen LogP contribution is -2.37. The van der Waals surface area contributed by atoms with E-state index < -0.39 is 0 Å². The van der Waals surface area contributed by atoms with Gasteiger partial charge in [0.1, 0.15) is 17.1 Å². The molecular formula is C21H28N6O2S. The summed E-state index contributed by atoms with van der Waals surface area (Å²) in [5.41, 5.74) is 9.53. The molecule has 0 atom stereocenters. The minimum absolute atomic E-state index is 0.659. The quantitative estimate of drug-likeness (QED) is 0.320. The number of nitrogens with two attached hydrogens (primary N) is 1. The van der Waals surface area contributed by atoms with Crippen LogP contribution in [0.1, 0.15) is 31.7 Å². The van der Waals surface area contributed by atoms with E-state index in [1.807, 2.05) is 18.2 Å². The van der Waals surface area contributed by atoms with Gasteiger partial charge in [0.25, 0.3) is 0 Å². The van der Waals surface area contributed by atoms with Crippen LogP contribution < -0.4 is 15.4 Å². The lowest BCUT2D eigenvalue weighted by molar-refractivity contribution is 0.122. The molecule has 2 aromatic heterocycles. The van der Waals surface area contributed by atoms with Gasteiger partial charge in [0.05, 0.1) is 25.5 Å². The van der Waals surface area contributed by atoms with Crippen molar-refractivity contribution in [2.45, 2.75) is 37.6 Å². The molecule has 3 heterocycles. The lowest BCUT2D eigenvalue weighted by atomic mass is 10.2. The number of aromatic nitrogens is 4. The Bertz CT molecular complexity index is 1000. The van der Waals surface area contributed by atoms with E-state index >= 15 is 0 Å². The molecule has 1 aliphatic rings. The Balaban J connectivity index is 1.55. The summed E-state index contributed by atoms with van der Waals surface area (Å²) in [5.74, 6) is 3.28. The lowest BCUT2D eigenvalue weighted by Gasteiger charge is -2.28. The maximum Gasteiger partial charge on any atom is 0.192 e. The molecule has 1 fully saturated rings. The van der Waals surface area contributed by atoms with Crippen molar-refractivity contribution in [1.82, 2.24) is 19.9 Å². The molecule has 3 aromatic rings. The number of aryl methyl sites for hydroxylation is 1. The minimum Gasteiger partial charge on any atom is -0.491 e. The van der Waals surface area contributed by atoms with E-state index in [1.165, 1.54) is 0 Å². The predicted molar refractivity (Wildman–Crippen MR) is 120 cm³/mol. The van der Waals surface area contributed by atoms with Crippen molar-refractivity contribution in [3.05, 3.63) is 29.6 Å². The summed E-state index contributed by atoms with van der Waals surface area (Å²) < 4.78 is 11.2. The molecule has 0 amide bonds. The molecule has 4 rings (SSSR count). The van der Waals surface area contributed by atoms with Crippen molar-refractivity contribution in [2.75, 3.05) is 43.5 Å². The van der Waals surface area contributed by atoms with Gasteiger partial charge in [0.15, 0.2) is 16.6 Å². The second-order valence-electron chi connectivity index (χ2n) is 7.17. The summed E-state index contributed by atoms with van der Waals surface area (Å²) in [5, 5.41) is 0.711. The van der Waals surface area contributed by atoms with Gasteiger partial charge in [0, 0.05) is 25.3 Å². The first-order valence-electron chi connectivity index (χ1n) is 10.4. The number of fused-ring (bicyclic) bond motifs is 1. The molecule has 0 unspecified atom stereocenters. The number of H-pyrrole nitrogens is 1. The highest BCUT2D eigenvalue weighted by Gasteiger charge is 2.20. The molecule has 1 aliphatic heterocycles. The van der Waals surface area contributed by atoms with Crippen LogP contribution in [0.15, 0.2) is 23.4 Å². The van der Waals surface area contributed by atoms with Crippen LogP contribution in [-0.2, 0) is 16.9 Å². The zero-order valence-corrected chi connectivity index (χ0v) is 18.3. The number of hydrogen-bond donors (Lipinski definition) is 2. The standard InChI is InChI=1S/C21H28N6O2S/c1-3-9-29-16-6-5-14(12-15(16)22)13-30-21-25-19-18(23-17(4-2)24-19)20(26-21)27-7-10-28-11-8-27/h5-6,12H,3-4,7-11,13,22H2,1-2H3,(H,23,24,25,26). The Labute approximate surface area is 180 Å². The van der Waals surface area contributed by atoms with E-state index in [9.17, 15) is 0 Å². The van der Waals surface area contributed by atoms with Crippen molar-refractivity contribution in [3.8, 4) is 5.75 Å². The van der Waals surface area contributed by atoms with Crippen LogP contribution in [0.3, 0.4) is 0 Å². The van der Waals surface area contributed by atoms with Crippen LogP contribution in [0.4, 0.5) is 11.5 Å². The number of ether oxygens (including phenoxy) is 2. The van der Waals surface area contributed by atoms with Gasteiger partial charge in [-0.05, 0) is 24.1 Å². The number of nitrogen functional groups attached to an aromatic ring is 1. The van der Waals surface area contributed by atoms with Crippen LogP contribution >= 0.6 is 11.8 Å². The van der Waals surface area contributed by atoms with Crippen LogP contribution in [0.2, 0.25) is 0 Å². The fourth-order valence-corrected chi connectivity index (χ4v) is 4.10. The van der Waals surface area contributed by atoms with Crippen LogP contribution in [-0.4, -0.2) is 52.8 Å². The monoisotopic (exact) mass is 428 g/mol. The van der Waals surface area contributed by atoms with Crippen molar-refractivity contribution in [3.63, 3.8) is 0 Å². The number of morpholine rings is 1. The largest absolute Gasteiger partial charge is 0.491 e. The van der Waals surface area contributed by atoms with Gasteiger partial charge in [-0.3, -0.25) is 0 Å². The highest BCUT2D eigenvalue weighted by atomic mass is 32.2. The van der Waals surface area contributed by atoms with Gasteiger partial charge in [-0.25, -0.2) is 15.0 Å². The maximum absolute atomic E-state index is 6.15. The second-order valence-corrected chi connectivity index (χ2v) is 8.12. The molecule has 0 spiro atoms. The highest BCUT2D eigenvalue weighted by molar-refractivity contribution is 7.98. The first kappa shape index (κ1) is 20.7. The van der Waals surface area contributed by atoms with Gasteiger partial charge in [-0.15, -0.1) is 0 Å². The SMILES string of the molecule is CCCOc1ccc(CSc2nc(N3CCOCC3)c3[nH]c(CC)nc3n2)cc1N. The van der Waals surface area contributed by atoms with E-state index in [1.54, 1.807) is 11.8 Å². The molecule has 3 N–H and O–H groups in total. The van der Waals surface area contributed by atoms with Gasteiger partial charge in [-0.1, -0.05) is 31.7 Å². The average Bonchev–Trinajstić information content (AvgIpc) is 3.20. The number of benzene rings is 1. The molecule has 0 radical (unpaired) electrons. The number of nitrogens with zero attached hydrogens (tertiary/aromatic N) is 4. The van der Waals surface area contributed by atoms with E-state index in [0.29, 0.717) is 36.3 Å².